The highest BCUT2D eigenvalue weighted by Crippen LogP contribution is 2.36. The number of fused-ring (bicyclic) bond motifs is 1. The van der Waals surface area contributed by atoms with Crippen molar-refractivity contribution in [2.75, 3.05) is 27.3 Å². The zero-order valence-electron chi connectivity index (χ0n) is 12.7. The van der Waals surface area contributed by atoms with Crippen LogP contribution in [-0.4, -0.2) is 55.1 Å². The van der Waals surface area contributed by atoms with Gasteiger partial charge in [0.1, 0.15) is 0 Å². The van der Waals surface area contributed by atoms with Crippen molar-refractivity contribution >= 4 is 5.91 Å². The normalized spacial score (nSPS) is 31.7. The summed E-state index contributed by atoms with van der Waals surface area (Å²) in [7, 11) is 4.04. The maximum atomic E-state index is 12.7. The van der Waals surface area contributed by atoms with Crippen molar-refractivity contribution in [3.8, 4) is 0 Å². The molecular weight excluding hydrogens is 238 g/mol. The van der Waals surface area contributed by atoms with Gasteiger partial charge in [-0.15, -0.1) is 0 Å². The Morgan fingerprint density at radius 1 is 1.32 bits per heavy atom. The van der Waals surface area contributed by atoms with Crippen molar-refractivity contribution in [2.24, 2.45) is 5.92 Å². The van der Waals surface area contributed by atoms with Gasteiger partial charge >= 0.3 is 0 Å². The lowest BCUT2D eigenvalue weighted by molar-refractivity contribution is -0.137. The highest BCUT2D eigenvalue weighted by atomic mass is 16.2. The van der Waals surface area contributed by atoms with E-state index < -0.39 is 0 Å². The van der Waals surface area contributed by atoms with Crippen LogP contribution in [0, 0.1) is 5.92 Å². The fourth-order valence-corrected chi connectivity index (χ4v) is 3.79. The molecule has 4 heteroatoms. The number of rotatable bonds is 5. The SMILES string of the molecule is CCCN(C)CN1C(=O)C(NC)CCC2CCCC21. The zero-order valence-corrected chi connectivity index (χ0v) is 12.7. The summed E-state index contributed by atoms with van der Waals surface area (Å²) in [6, 6.07) is 0.519. The first kappa shape index (κ1) is 14.8. The molecule has 3 atom stereocenters. The molecule has 0 aromatic carbocycles. The summed E-state index contributed by atoms with van der Waals surface area (Å²) in [5, 5.41) is 3.21. The summed E-state index contributed by atoms with van der Waals surface area (Å²) in [4.78, 5) is 17.1. The van der Waals surface area contributed by atoms with Crippen molar-refractivity contribution in [3.63, 3.8) is 0 Å². The van der Waals surface area contributed by atoms with Crippen LogP contribution in [0.15, 0.2) is 0 Å². The fourth-order valence-electron chi connectivity index (χ4n) is 3.79. The van der Waals surface area contributed by atoms with Crippen LogP contribution in [-0.2, 0) is 4.79 Å². The summed E-state index contributed by atoms with van der Waals surface area (Å²) in [5.41, 5.74) is 0. The molecule has 1 saturated heterocycles. The second kappa shape index (κ2) is 6.71. The Labute approximate surface area is 117 Å². The number of amides is 1. The second-order valence-corrected chi connectivity index (χ2v) is 6.21. The number of hydrogen-bond acceptors (Lipinski definition) is 3. The van der Waals surface area contributed by atoms with Gasteiger partial charge in [0.15, 0.2) is 0 Å². The molecule has 2 aliphatic rings. The van der Waals surface area contributed by atoms with E-state index in [2.05, 4.69) is 29.1 Å². The average molecular weight is 267 g/mol. The number of nitrogens with one attached hydrogen (secondary N) is 1. The quantitative estimate of drug-likeness (QED) is 0.823. The number of hydrogen-bond donors (Lipinski definition) is 1. The van der Waals surface area contributed by atoms with Crippen LogP contribution in [0.1, 0.15) is 45.4 Å². The standard InChI is InChI=1S/C15H29N3O/c1-4-10-17(3)11-18-14-7-5-6-12(14)8-9-13(16-2)15(18)19/h12-14,16H,4-11H2,1-3H3. The molecule has 1 heterocycles. The molecule has 0 radical (unpaired) electrons. The van der Waals surface area contributed by atoms with Gasteiger partial charge in [0.2, 0.25) is 5.91 Å². The Balaban J connectivity index is 2.10. The lowest BCUT2D eigenvalue weighted by atomic mass is 9.97. The predicted molar refractivity (Wildman–Crippen MR) is 77.8 cm³/mol. The van der Waals surface area contributed by atoms with Gasteiger partial charge in [-0.25, -0.2) is 0 Å². The maximum absolute atomic E-state index is 12.7. The number of nitrogens with zero attached hydrogens (tertiary/aromatic N) is 2. The smallest absolute Gasteiger partial charge is 0.240 e. The number of likely N-dealkylation sites (N-methyl/N-ethyl adjacent to an activating group) is 1. The monoisotopic (exact) mass is 267 g/mol. The van der Waals surface area contributed by atoms with Crippen molar-refractivity contribution < 1.29 is 4.79 Å². The third-order valence-corrected chi connectivity index (χ3v) is 4.77. The lowest BCUT2D eigenvalue weighted by Gasteiger charge is -2.35. The van der Waals surface area contributed by atoms with Crippen molar-refractivity contribution in [2.45, 2.75) is 57.5 Å². The summed E-state index contributed by atoms with van der Waals surface area (Å²) >= 11 is 0. The van der Waals surface area contributed by atoms with Gasteiger partial charge in [-0.2, -0.15) is 0 Å². The molecule has 0 aromatic heterocycles. The second-order valence-electron chi connectivity index (χ2n) is 6.21. The summed E-state index contributed by atoms with van der Waals surface area (Å²) in [5.74, 6) is 1.05. The van der Waals surface area contributed by atoms with Gasteiger partial charge in [0.05, 0.1) is 12.7 Å². The molecule has 4 nitrogen and oxygen atoms in total. The first-order valence-electron chi connectivity index (χ1n) is 7.83. The van der Waals surface area contributed by atoms with E-state index in [0.717, 1.165) is 32.0 Å². The molecule has 1 aliphatic heterocycles. The van der Waals surface area contributed by atoms with Crippen LogP contribution in [0.5, 0.6) is 0 Å². The van der Waals surface area contributed by atoms with E-state index >= 15 is 0 Å². The largest absolute Gasteiger partial charge is 0.325 e. The molecule has 19 heavy (non-hydrogen) atoms. The van der Waals surface area contributed by atoms with Gasteiger partial charge < -0.3 is 10.2 Å². The molecular formula is C15H29N3O. The third-order valence-electron chi connectivity index (χ3n) is 4.77. The maximum Gasteiger partial charge on any atom is 0.240 e. The minimum absolute atomic E-state index is 0.0284. The van der Waals surface area contributed by atoms with Crippen LogP contribution in [0.2, 0.25) is 0 Å². The topological polar surface area (TPSA) is 35.6 Å². The van der Waals surface area contributed by atoms with E-state index in [1.807, 2.05) is 7.05 Å². The van der Waals surface area contributed by atoms with Crippen LogP contribution in [0.3, 0.4) is 0 Å². The van der Waals surface area contributed by atoms with Gasteiger partial charge in [-0.1, -0.05) is 13.3 Å². The van der Waals surface area contributed by atoms with E-state index in [1.165, 1.54) is 25.7 Å². The molecule has 1 aliphatic carbocycles. The minimum Gasteiger partial charge on any atom is -0.325 e. The molecule has 0 bridgehead atoms. The number of carbonyl (C=O) groups is 1. The van der Waals surface area contributed by atoms with Crippen molar-refractivity contribution in [1.29, 1.82) is 0 Å². The van der Waals surface area contributed by atoms with Gasteiger partial charge in [-0.05, 0) is 58.7 Å². The average Bonchev–Trinajstić information content (AvgIpc) is 2.80. The van der Waals surface area contributed by atoms with E-state index in [9.17, 15) is 4.79 Å². The Bertz CT molecular complexity index is 308. The van der Waals surface area contributed by atoms with Crippen LogP contribution in [0.25, 0.3) is 0 Å². The molecule has 3 unspecified atom stereocenters. The van der Waals surface area contributed by atoms with E-state index in [4.69, 9.17) is 0 Å². The summed E-state index contributed by atoms with van der Waals surface area (Å²) in [6.45, 7) is 4.05. The summed E-state index contributed by atoms with van der Waals surface area (Å²) < 4.78 is 0. The number of carbonyl (C=O) groups excluding carboxylic acids is 1. The molecule has 2 rings (SSSR count). The lowest BCUT2D eigenvalue weighted by Crippen LogP contribution is -2.51. The fraction of sp³-hybridized carbons (Fsp3) is 0.933. The molecule has 0 spiro atoms. The molecule has 0 aromatic rings. The van der Waals surface area contributed by atoms with Crippen LogP contribution in [0.4, 0.5) is 0 Å². The Hall–Kier alpha value is -0.610. The van der Waals surface area contributed by atoms with Crippen LogP contribution >= 0.6 is 0 Å². The first-order valence-corrected chi connectivity index (χ1v) is 7.83. The van der Waals surface area contributed by atoms with Crippen molar-refractivity contribution in [3.05, 3.63) is 0 Å². The van der Waals surface area contributed by atoms with Gasteiger partial charge in [-0.3, -0.25) is 9.69 Å². The molecule has 110 valence electrons. The van der Waals surface area contributed by atoms with Crippen LogP contribution < -0.4 is 5.32 Å². The first-order chi connectivity index (χ1) is 9.17. The predicted octanol–water partition coefficient (Wildman–Crippen LogP) is 1.66. The van der Waals surface area contributed by atoms with E-state index in [0.29, 0.717) is 11.9 Å². The number of likely N-dealkylation sites (tertiary alicyclic amines) is 1. The van der Waals surface area contributed by atoms with E-state index in [-0.39, 0.29) is 6.04 Å². The van der Waals surface area contributed by atoms with Crippen molar-refractivity contribution in [1.82, 2.24) is 15.1 Å². The molecule has 1 N–H and O–H groups in total. The Kier molecular flexibility index (Phi) is 5.22. The van der Waals surface area contributed by atoms with E-state index in [1.54, 1.807) is 0 Å². The molecule has 1 amide bonds. The Morgan fingerprint density at radius 3 is 2.79 bits per heavy atom. The van der Waals surface area contributed by atoms with Gasteiger partial charge in [0.25, 0.3) is 0 Å². The molecule has 2 fully saturated rings. The Morgan fingerprint density at radius 2 is 2.11 bits per heavy atom. The highest BCUT2D eigenvalue weighted by molar-refractivity contribution is 5.82. The highest BCUT2D eigenvalue weighted by Gasteiger charge is 2.40. The third kappa shape index (κ3) is 3.29. The molecule has 1 saturated carbocycles. The zero-order chi connectivity index (χ0) is 13.8. The summed E-state index contributed by atoms with van der Waals surface area (Å²) in [6.07, 6.45) is 7.15. The van der Waals surface area contributed by atoms with Gasteiger partial charge in [0, 0.05) is 6.04 Å². The minimum atomic E-state index is 0.0284.